The highest BCUT2D eigenvalue weighted by Gasteiger charge is 2.40. The second kappa shape index (κ2) is 7.34. The number of aromatic amines is 1. The van der Waals surface area contributed by atoms with Gasteiger partial charge in [0.1, 0.15) is 11.1 Å². The van der Waals surface area contributed by atoms with Gasteiger partial charge in [-0.3, -0.25) is 14.3 Å². The van der Waals surface area contributed by atoms with Crippen LogP contribution in [-0.2, 0) is 4.74 Å². The Balaban J connectivity index is 1.98. The molecule has 1 aromatic heterocycles. The van der Waals surface area contributed by atoms with Gasteiger partial charge in [-0.2, -0.15) is 0 Å². The number of nitrogens with zero attached hydrogens (tertiary/aromatic N) is 1. The van der Waals surface area contributed by atoms with Crippen molar-refractivity contribution in [1.29, 1.82) is 0 Å². The minimum atomic E-state index is -1.14. The lowest BCUT2D eigenvalue weighted by Crippen LogP contribution is -2.22. The van der Waals surface area contributed by atoms with E-state index in [4.69, 9.17) is 26.4 Å². The third kappa shape index (κ3) is 2.86. The number of benzene rings is 2. The van der Waals surface area contributed by atoms with Crippen LogP contribution < -0.4 is 15.0 Å². The molecule has 1 aliphatic rings. The van der Waals surface area contributed by atoms with Crippen molar-refractivity contribution in [2.45, 2.75) is 13.0 Å². The van der Waals surface area contributed by atoms with Crippen molar-refractivity contribution in [1.82, 2.24) is 9.55 Å². The van der Waals surface area contributed by atoms with Crippen molar-refractivity contribution in [2.24, 2.45) is 0 Å². The van der Waals surface area contributed by atoms with Gasteiger partial charge in [0.25, 0.3) is 5.56 Å². The fourth-order valence-electron chi connectivity index (χ4n) is 3.63. The van der Waals surface area contributed by atoms with Gasteiger partial charge in [-0.25, -0.2) is 4.79 Å². The summed E-state index contributed by atoms with van der Waals surface area (Å²) in [5.74, 6) is -0.541. The van der Waals surface area contributed by atoms with E-state index < -0.39 is 23.5 Å². The lowest BCUT2D eigenvalue weighted by molar-refractivity contribution is 0.0447. The second-order valence-electron chi connectivity index (χ2n) is 6.67. The van der Waals surface area contributed by atoms with Crippen LogP contribution in [0.5, 0.6) is 17.4 Å². The molecule has 0 saturated heterocycles. The number of para-hydroxylation sites is 1. The maximum absolute atomic E-state index is 12.8. The second-order valence-corrected chi connectivity index (χ2v) is 7.06. The van der Waals surface area contributed by atoms with E-state index in [0.717, 1.165) is 5.56 Å². The number of hydrogen-bond donors (Lipinski definition) is 2. The highest BCUT2D eigenvalue weighted by atomic mass is 32.1. The van der Waals surface area contributed by atoms with Crippen LogP contribution in [0.25, 0.3) is 5.69 Å². The normalized spacial score (nSPS) is 14.9. The zero-order valence-electron chi connectivity index (χ0n) is 16.4. The fraction of sp³-hybridized carbons (Fsp3) is 0.190. The number of aromatic hydroxyl groups is 1. The van der Waals surface area contributed by atoms with E-state index in [-0.39, 0.29) is 21.6 Å². The number of carbonyl (C=O) groups excluding carboxylic acids is 1. The first-order chi connectivity index (χ1) is 14.4. The lowest BCUT2D eigenvalue weighted by Gasteiger charge is -2.18. The molecule has 8 nitrogen and oxygen atoms in total. The molecule has 3 aromatic rings. The average molecular weight is 426 g/mol. The van der Waals surface area contributed by atoms with E-state index >= 15 is 0 Å². The van der Waals surface area contributed by atoms with Crippen LogP contribution in [0, 0.1) is 11.7 Å². The number of aromatic nitrogens is 2. The molecule has 154 valence electrons. The molecule has 1 atom stereocenters. The summed E-state index contributed by atoms with van der Waals surface area (Å²) in [6.07, 6.45) is -1.14. The van der Waals surface area contributed by atoms with Crippen LogP contribution in [0.3, 0.4) is 0 Å². The summed E-state index contributed by atoms with van der Waals surface area (Å²) in [4.78, 5) is 27.9. The number of methoxy groups -OCH3 is 2. The van der Waals surface area contributed by atoms with E-state index in [9.17, 15) is 14.7 Å². The van der Waals surface area contributed by atoms with Crippen molar-refractivity contribution in [3.05, 3.63) is 73.8 Å². The van der Waals surface area contributed by atoms with Gasteiger partial charge < -0.3 is 19.3 Å². The van der Waals surface area contributed by atoms with Gasteiger partial charge >= 0.3 is 5.97 Å². The zero-order valence-corrected chi connectivity index (χ0v) is 17.2. The number of hydrogen-bond acceptors (Lipinski definition) is 7. The molecule has 0 bridgehead atoms. The molecule has 0 radical (unpaired) electrons. The van der Waals surface area contributed by atoms with Gasteiger partial charge in [0.05, 0.1) is 19.9 Å². The molecular formula is C21H18N2O6S. The molecule has 0 aliphatic carbocycles. The Labute approximate surface area is 176 Å². The lowest BCUT2D eigenvalue weighted by atomic mass is 9.99. The van der Waals surface area contributed by atoms with Crippen molar-refractivity contribution < 1.29 is 24.1 Å². The Morgan fingerprint density at radius 1 is 1.13 bits per heavy atom. The Hall–Kier alpha value is -3.59. The number of rotatable bonds is 4. The largest absolute Gasteiger partial charge is 0.494 e. The molecule has 4 rings (SSSR count). The van der Waals surface area contributed by atoms with Crippen molar-refractivity contribution in [2.75, 3.05) is 14.2 Å². The molecular weight excluding hydrogens is 408 g/mol. The molecule has 1 aliphatic heterocycles. The molecule has 0 spiro atoms. The smallest absolute Gasteiger partial charge is 0.343 e. The molecule has 0 amide bonds. The number of fused-ring (bicyclic) bond motifs is 1. The van der Waals surface area contributed by atoms with Gasteiger partial charge in [-0.1, -0.05) is 24.3 Å². The summed E-state index contributed by atoms with van der Waals surface area (Å²) < 4.78 is 17.4. The van der Waals surface area contributed by atoms with Gasteiger partial charge in [-0.15, -0.1) is 0 Å². The summed E-state index contributed by atoms with van der Waals surface area (Å²) in [5, 5.41) is 11.1. The van der Waals surface area contributed by atoms with Gasteiger partial charge in [-0.05, 0) is 36.8 Å². The van der Waals surface area contributed by atoms with Crippen LogP contribution in [0.2, 0.25) is 0 Å². The Morgan fingerprint density at radius 3 is 2.53 bits per heavy atom. The van der Waals surface area contributed by atoms with E-state index in [0.29, 0.717) is 17.0 Å². The first-order valence-electron chi connectivity index (χ1n) is 8.99. The Bertz CT molecular complexity index is 1290. The number of nitrogens with one attached hydrogen (secondary N) is 1. The van der Waals surface area contributed by atoms with Crippen LogP contribution in [0.4, 0.5) is 0 Å². The molecule has 2 aromatic carbocycles. The summed E-state index contributed by atoms with van der Waals surface area (Å²) in [5.41, 5.74) is 1.16. The fourth-order valence-corrected chi connectivity index (χ4v) is 3.91. The third-order valence-electron chi connectivity index (χ3n) is 5.03. The Kier molecular flexibility index (Phi) is 4.83. The molecule has 2 N–H and O–H groups in total. The van der Waals surface area contributed by atoms with Gasteiger partial charge in [0, 0.05) is 5.56 Å². The summed E-state index contributed by atoms with van der Waals surface area (Å²) in [6.45, 7) is 1.85. The number of H-pyrrole nitrogens is 1. The minimum absolute atomic E-state index is 0.0207. The quantitative estimate of drug-likeness (QED) is 0.488. The molecule has 30 heavy (non-hydrogen) atoms. The number of ether oxygens (including phenoxy) is 3. The monoisotopic (exact) mass is 426 g/mol. The Morgan fingerprint density at radius 2 is 1.87 bits per heavy atom. The summed E-state index contributed by atoms with van der Waals surface area (Å²) in [7, 11) is 2.85. The molecule has 2 heterocycles. The molecule has 0 saturated carbocycles. The number of esters is 1. The van der Waals surface area contributed by atoms with Crippen molar-refractivity contribution in [3.8, 4) is 23.1 Å². The molecule has 0 fully saturated rings. The van der Waals surface area contributed by atoms with Crippen LogP contribution in [0.15, 0.2) is 41.2 Å². The minimum Gasteiger partial charge on any atom is -0.494 e. The van der Waals surface area contributed by atoms with Crippen molar-refractivity contribution in [3.63, 3.8) is 0 Å². The summed E-state index contributed by atoms with van der Waals surface area (Å²) >= 11 is 5.28. The predicted molar refractivity (Wildman–Crippen MR) is 110 cm³/mol. The standard InChI is InChI=1S/C21H18N2O6S/c1-10-6-4-5-7-12(10)23-19(25)15(18(24)22-21(23)30)16-11-8-9-13(27-2)17(28-3)14(11)20(26)29-16/h4-9,16,25H,1-3H3,(H,22,24,30)/t16-/m0/s1. The van der Waals surface area contributed by atoms with E-state index in [1.54, 1.807) is 24.3 Å². The van der Waals surface area contributed by atoms with Crippen LogP contribution in [0.1, 0.15) is 33.2 Å². The van der Waals surface area contributed by atoms with Gasteiger partial charge in [0.2, 0.25) is 5.88 Å². The van der Waals surface area contributed by atoms with E-state index in [1.165, 1.54) is 18.8 Å². The number of aryl methyl sites for hydroxylation is 1. The highest BCUT2D eigenvalue weighted by Crippen LogP contribution is 2.45. The third-order valence-corrected chi connectivity index (χ3v) is 5.31. The summed E-state index contributed by atoms with van der Waals surface area (Å²) in [6, 6.07) is 10.5. The maximum atomic E-state index is 12.8. The first kappa shape index (κ1) is 19.7. The molecule has 0 unspecified atom stereocenters. The topological polar surface area (TPSA) is 103 Å². The zero-order chi connectivity index (χ0) is 21.6. The SMILES string of the molecule is COc1ccc2c(c1OC)C(=O)O[C@@H]2c1c(O)n(-c2ccccc2C)c(=S)[nH]c1=O. The average Bonchev–Trinajstić information content (AvgIpc) is 3.04. The van der Waals surface area contributed by atoms with Crippen molar-refractivity contribution >= 4 is 18.2 Å². The highest BCUT2D eigenvalue weighted by molar-refractivity contribution is 7.71. The maximum Gasteiger partial charge on any atom is 0.343 e. The number of cyclic esters (lactones) is 1. The van der Waals surface area contributed by atoms with Crippen LogP contribution in [-0.4, -0.2) is 34.8 Å². The molecule has 9 heteroatoms. The predicted octanol–water partition coefficient (Wildman–Crippen LogP) is 3.19. The van der Waals surface area contributed by atoms with Gasteiger partial charge in [0.15, 0.2) is 22.4 Å². The van der Waals surface area contributed by atoms with Crippen LogP contribution >= 0.6 is 12.2 Å². The first-order valence-corrected chi connectivity index (χ1v) is 9.40. The van der Waals surface area contributed by atoms with E-state index in [2.05, 4.69) is 4.98 Å². The van der Waals surface area contributed by atoms with E-state index in [1.807, 2.05) is 19.1 Å². The number of carbonyl (C=O) groups is 1.